The average molecular weight is 202 g/mol. The molecule has 1 atom stereocenters. The number of aliphatic hydroxyl groups is 1. The molecule has 0 saturated heterocycles. The fourth-order valence-corrected chi connectivity index (χ4v) is 1.57. The Balaban J connectivity index is 4.01. The van der Waals surface area contributed by atoms with Crippen LogP contribution in [-0.2, 0) is 4.74 Å². The van der Waals surface area contributed by atoms with E-state index in [1.807, 2.05) is 6.92 Å². The zero-order valence-electron chi connectivity index (χ0n) is 10.4. The molecule has 0 radical (unpaired) electrons. The van der Waals surface area contributed by atoms with Crippen LogP contribution in [0.3, 0.4) is 0 Å². The van der Waals surface area contributed by atoms with Gasteiger partial charge in [-0.05, 0) is 24.7 Å². The van der Waals surface area contributed by atoms with E-state index in [9.17, 15) is 5.11 Å². The summed E-state index contributed by atoms with van der Waals surface area (Å²) < 4.78 is 5.42. The Morgan fingerprint density at radius 1 is 1.07 bits per heavy atom. The first-order chi connectivity index (χ1) is 6.37. The van der Waals surface area contributed by atoms with E-state index in [2.05, 4.69) is 27.7 Å². The fraction of sp³-hybridized carbons (Fsp3) is 1.00. The van der Waals surface area contributed by atoms with Crippen LogP contribution in [0.2, 0.25) is 0 Å². The summed E-state index contributed by atoms with van der Waals surface area (Å²) in [6.07, 6.45) is 2.55. The Labute approximate surface area is 88.7 Å². The molecule has 0 aliphatic rings. The van der Waals surface area contributed by atoms with Crippen molar-refractivity contribution >= 4 is 0 Å². The molecule has 0 fully saturated rings. The van der Waals surface area contributed by atoms with Crippen LogP contribution in [0.1, 0.15) is 53.9 Å². The number of rotatable bonds is 6. The van der Waals surface area contributed by atoms with Crippen molar-refractivity contribution < 1.29 is 9.84 Å². The molecule has 2 nitrogen and oxygen atoms in total. The minimum absolute atomic E-state index is 0.0721. The quantitative estimate of drug-likeness (QED) is 0.671. The van der Waals surface area contributed by atoms with Crippen molar-refractivity contribution in [3.05, 3.63) is 0 Å². The SMILES string of the molecule is CCCOCCC(O)(CC)C(C)(C)C. The molecule has 0 spiro atoms. The molecule has 0 aliphatic carbocycles. The largest absolute Gasteiger partial charge is 0.389 e. The van der Waals surface area contributed by atoms with Gasteiger partial charge in [0.05, 0.1) is 5.60 Å². The maximum absolute atomic E-state index is 10.4. The van der Waals surface area contributed by atoms with E-state index < -0.39 is 5.60 Å². The van der Waals surface area contributed by atoms with Gasteiger partial charge in [0, 0.05) is 13.2 Å². The molecule has 0 aliphatic heterocycles. The third-order valence-corrected chi connectivity index (χ3v) is 2.99. The first-order valence-corrected chi connectivity index (χ1v) is 5.67. The first kappa shape index (κ1) is 13.9. The van der Waals surface area contributed by atoms with Crippen LogP contribution in [0, 0.1) is 5.41 Å². The summed E-state index contributed by atoms with van der Waals surface area (Å²) in [6, 6.07) is 0. The first-order valence-electron chi connectivity index (χ1n) is 5.67. The van der Waals surface area contributed by atoms with Crippen molar-refractivity contribution in [2.24, 2.45) is 5.41 Å². The smallest absolute Gasteiger partial charge is 0.0715 e. The lowest BCUT2D eigenvalue weighted by atomic mass is 9.73. The van der Waals surface area contributed by atoms with Crippen molar-refractivity contribution in [2.75, 3.05) is 13.2 Å². The highest BCUT2D eigenvalue weighted by Gasteiger charge is 2.37. The minimum Gasteiger partial charge on any atom is -0.389 e. The lowest BCUT2D eigenvalue weighted by Gasteiger charge is -2.39. The van der Waals surface area contributed by atoms with Crippen LogP contribution in [-0.4, -0.2) is 23.9 Å². The molecule has 0 aromatic rings. The van der Waals surface area contributed by atoms with Gasteiger partial charge in [-0.25, -0.2) is 0 Å². The van der Waals surface area contributed by atoms with Gasteiger partial charge in [0.2, 0.25) is 0 Å². The summed E-state index contributed by atoms with van der Waals surface area (Å²) in [4.78, 5) is 0. The normalized spacial score (nSPS) is 16.7. The van der Waals surface area contributed by atoms with Gasteiger partial charge in [-0.2, -0.15) is 0 Å². The Hall–Kier alpha value is -0.0800. The molecule has 14 heavy (non-hydrogen) atoms. The molecule has 0 aromatic carbocycles. The maximum Gasteiger partial charge on any atom is 0.0715 e. The van der Waals surface area contributed by atoms with Gasteiger partial charge < -0.3 is 9.84 Å². The van der Waals surface area contributed by atoms with Crippen LogP contribution in [0.15, 0.2) is 0 Å². The lowest BCUT2D eigenvalue weighted by Crippen LogP contribution is -2.43. The molecule has 0 bridgehead atoms. The highest BCUT2D eigenvalue weighted by Crippen LogP contribution is 2.35. The second-order valence-corrected chi connectivity index (χ2v) is 5.00. The van der Waals surface area contributed by atoms with E-state index in [1.54, 1.807) is 0 Å². The maximum atomic E-state index is 10.4. The summed E-state index contributed by atoms with van der Waals surface area (Å²) in [5, 5.41) is 10.4. The molecule has 0 heterocycles. The van der Waals surface area contributed by atoms with Crippen molar-refractivity contribution in [1.29, 1.82) is 0 Å². The molecule has 0 saturated carbocycles. The van der Waals surface area contributed by atoms with Crippen molar-refractivity contribution in [2.45, 2.75) is 59.5 Å². The van der Waals surface area contributed by atoms with E-state index in [0.717, 1.165) is 25.9 Å². The monoisotopic (exact) mass is 202 g/mol. The Morgan fingerprint density at radius 2 is 1.64 bits per heavy atom. The minimum atomic E-state index is -0.596. The van der Waals surface area contributed by atoms with Crippen molar-refractivity contribution in [3.63, 3.8) is 0 Å². The summed E-state index contributed by atoms with van der Waals surface area (Å²) in [7, 11) is 0. The van der Waals surface area contributed by atoms with Gasteiger partial charge in [-0.3, -0.25) is 0 Å². The molecule has 0 rings (SSSR count). The van der Waals surface area contributed by atoms with Gasteiger partial charge in [-0.15, -0.1) is 0 Å². The highest BCUT2D eigenvalue weighted by molar-refractivity contribution is 4.89. The fourth-order valence-electron chi connectivity index (χ4n) is 1.57. The number of hydrogen-bond acceptors (Lipinski definition) is 2. The molecular formula is C12H26O2. The van der Waals surface area contributed by atoms with Crippen molar-refractivity contribution in [1.82, 2.24) is 0 Å². The summed E-state index contributed by atoms with van der Waals surface area (Å²) in [5.41, 5.74) is -0.669. The number of hydrogen-bond donors (Lipinski definition) is 1. The van der Waals surface area contributed by atoms with Gasteiger partial charge in [-0.1, -0.05) is 34.6 Å². The van der Waals surface area contributed by atoms with Gasteiger partial charge in [0.25, 0.3) is 0 Å². The molecule has 1 unspecified atom stereocenters. The molecular weight excluding hydrogens is 176 g/mol. The lowest BCUT2D eigenvalue weighted by molar-refractivity contribution is -0.0823. The van der Waals surface area contributed by atoms with E-state index in [1.165, 1.54) is 0 Å². The van der Waals surface area contributed by atoms with E-state index >= 15 is 0 Å². The Kier molecular flexibility index (Phi) is 5.68. The van der Waals surface area contributed by atoms with E-state index in [-0.39, 0.29) is 5.41 Å². The topological polar surface area (TPSA) is 29.5 Å². The second-order valence-electron chi connectivity index (χ2n) is 5.00. The third-order valence-electron chi connectivity index (χ3n) is 2.99. The predicted molar refractivity (Wildman–Crippen MR) is 60.4 cm³/mol. The van der Waals surface area contributed by atoms with Crippen molar-refractivity contribution in [3.8, 4) is 0 Å². The average Bonchev–Trinajstić information content (AvgIpc) is 2.10. The van der Waals surface area contributed by atoms with Crippen LogP contribution in [0.5, 0.6) is 0 Å². The van der Waals surface area contributed by atoms with E-state index in [0.29, 0.717) is 6.61 Å². The Bertz CT molecular complexity index is 149. The molecule has 86 valence electrons. The third kappa shape index (κ3) is 3.97. The highest BCUT2D eigenvalue weighted by atomic mass is 16.5. The molecule has 2 heteroatoms. The summed E-state index contributed by atoms with van der Waals surface area (Å²) in [6.45, 7) is 11.8. The van der Waals surface area contributed by atoms with Gasteiger partial charge >= 0.3 is 0 Å². The van der Waals surface area contributed by atoms with Crippen LogP contribution >= 0.6 is 0 Å². The molecule has 1 N–H and O–H groups in total. The van der Waals surface area contributed by atoms with Crippen LogP contribution in [0.25, 0.3) is 0 Å². The standard InChI is InChI=1S/C12H26O2/c1-6-9-14-10-8-12(13,7-2)11(3,4)5/h13H,6-10H2,1-5H3. The van der Waals surface area contributed by atoms with Gasteiger partial charge in [0.1, 0.15) is 0 Å². The second kappa shape index (κ2) is 5.72. The van der Waals surface area contributed by atoms with E-state index in [4.69, 9.17) is 4.74 Å². The zero-order chi connectivity index (χ0) is 11.2. The zero-order valence-corrected chi connectivity index (χ0v) is 10.4. The molecule has 0 amide bonds. The van der Waals surface area contributed by atoms with Crippen LogP contribution in [0.4, 0.5) is 0 Å². The summed E-state index contributed by atoms with van der Waals surface area (Å²) >= 11 is 0. The molecule has 0 aromatic heterocycles. The Morgan fingerprint density at radius 3 is 2.00 bits per heavy atom. The van der Waals surface area contributed by atoms with Crippen LogP contribution < -0.4 is 0 Å². The summed E-state index contributed by atoms with van der Waals surface area (Å²) in [5.74, 6) is 0. The van der Waals surface area contributed by atoms with Gasteiger partial charge in [0.15, 0.2) is 0 Å². The number of ether oxygens (including phenoxy) is 1. The predicted octanol–water partition coefficient (Wildman–Crippen LogP) is 2.99.